The molecule has 0 bridgehead atoms. The van der Waals surface area contributed by atoms with E-state index in [1.54, 1.807) is 33.1 Å². The van der Waals surface area contributed by atoms with Crippen LogP contribution in [0.1, 0.15) is 39.5 Å². The Bertz CT molecular complexity index is 474. The zero-order chi connectivity index (χ0) is 13.3. The van der Waals surface area contributed by atoms with Gasteiger partial charge in [-0.15, -0.1) is 11.3 Å². The Morgan fingerprint density at radius 1 is 1.47 bits per heavy atom. The van der Waals surface area contributed by atoms with Gasteiger partial charge in [-0.2, -0.15) is 13.1 Å². The van der Waals surface area contributed by atoms with Crippen molar-refractivity contribution in [2.24, 2.45) is 0 Å². The number of hydrogen-bond donors (Lipinski definition) is 3. The van der Waals surface area contributed by atoms with E-state index in [2.05, 4.69) is 14.4 Å². The number of nitrogens with one attached hydrogen (secondary N) is 2. The summed E-state index contributed by atoms with van der Waals surface area (Å²) in [7, 11) is -3.64. The summed E-state index contributed by atoms with van der Waals surface area (Å²) in [5.74, 6) is 0. The van der Waals surface area contributed by atoms with E-state index in [1.807, 2.05) is 0 Å². The molecular formula is C9H17N3O3S2. The molecule has 98 valence electrons. The summed E-state index contributed by atoms with van der Waals surface area (Å²) in [6.07, 6.45) is -0.708. The standard InChI is InChI=1S/C9H17N3O3S2/c1-6(13)7-5-16-8(10-7)11-17(14,15)12-9(2,3)4/h5-6,12-13H,1-4H3,(H,10,11). The Balaban J connectivity index is 2.77. The first kappa shape index (κ1) is 14.4. The zero-order valence-corrected chi connectivity index (χ0v) is 11.8. The summed E-state index contributed by atoms with van der Waals surface area (Å²) < 4.78 is 28.1. The summed E-state index contributed by atoms with van der Waals surface area (Å²) in [5.41, 5.74) is -0.112. The fraction of sp³-hybridized carbons (Fsp3) is 0.667. The van der Waals surface area contributed by atoms with Crippen molar-refractivity contribution in [1.82, 2.24) is 9.71 Å². The summed E-state index contributed by atoms with van der Waals surface area (Å²) >= 11 is 1.13. The van der Waals surface area contributed by atoms with Crippen LogP contribution in [0, 0.1) is 0 Å². The Morgan fingerprint density at radius 3 is 2.47 bits per heavy atom. The molecule has 0 aliphatic heterocycles. The van der Waals surface area contributed by atoms with E-state index in [9.17, 15) is 13.5 Å². The average Bonchev–Trinajstić information content (AvgIpc) is 2.46. The van der Waals surface area contributed by atoms with Gasteiger partial charge in [-0.05, 0) is 27.7 Å². The lowest BCUT2D eigenvalue weighted by atomic mass is 10.1. The molecule has 6 nitrogen and oxygen atoms in total. The first-order chi connectivity index (χ1) is 7.59. The van der Waals surface area contributed by atoms with Crippen LogP contribution in [0.15, 0.2) is 5.38 Å². The van der Waals surface area contributed by atoms with Crippen molar-refractivity contribution >= 4 is 26.7 Å². The minimum atomic E-state index is -3.64. The summed E-state index contributed by atoms with van der Waals surface area (Å²) in [4.78, 5) is 3.96. The molecule has 1 unspecified atom stereocenters. The van der Waals surface area contributed by atoms with Crippen LogP contribution in [-0.2, 0) is 10.2 Å². The van der Waals surface area contributed by atoms with Gasteiger partial charge in [0.05, 0.1) is 11.8 Å². The summed E-state index contributed by atoms with van der Waals surface area (Å²) in [6, 6.07) is 0. The van der Waals surface area contributed by atoms with Crippen LogP contribution in [0.25, 0.3) is 0 Å². The topological polar surface area (TPSA) is 91.3 Å². The number of aliphatic hydroxyl groups excluding tert-OH is 1. The third-order valence-corrected chi connectivity index (χ3v) is 3.86. The van der Waals surface area contributed by atoms with E-state index in [0.29, 0.717) is 5.69 Å². The van der Waals surface area contributed by atoms with Crippen molar-refractivity contribution in [1.29, 1.82) is 0 Å². The van der Waals surface area contributed by atoms with Crippen molar-refractivity contribution in [2.45, 2.75) is 39.3 Å². The fourth-order valence-corrected chi connectivity index (χ4v) is 3.36. The second-order valence-corrected chi connectivity index (χ2v) is 6.98. The lowest BCUT2D eigenvalue weighted by Gasteiger charge is -2.20. The molecule has 0 aliphatic rings. The van der Waals surface area contributed by atoms with Crippen LogP contribution >= 0.6 is 11.3 Å². The highest BCUT2D eigenvalue weighted by atomic mass is 32.2. The summed E-state index contributed by atoms with van der Waals surface area (Å²) in [5, 5.41) is 11.1. The fourth-order valence-electron chi connectivity index (χ4n) is 1.07. The number of rotatable bonds is 4. The molecule has 0 fully saturated rings. The van der Waals surface area contributed by atoms with Crippen molar-refractivity contribution in [3.63, 3.8) is 0 Å². The predicted molar refractivity (Wildman–Crippen MR) is 68.2 cm³/mol. The Morgan fingerprint density at radius 2 is 2.06 bits per heavy atom. The highest BCUT2D eigenvalue weighted by molar-refractivity contribution is 7.91. The minimum Gasteiger partial charge on any atom is -0.387 e. The number of thiazole rings is 1. The molecule has 1 aromatic rings. The first-order valence-corrected chi connectivity index (χ1v) is 7.40. The molecule has 0 spiro atoms. The van der Waals surface area contributed by atoms with Crippen molar-refractivity contribution in [3.05, 3.63) is 11.1 Å². The molecule has 0 aliphatic carbocycles. The maximum Gasteiger partial charge on any atom is 0.301 e. The molecule has 1 rings (SSSR count). The van der Waals surface area contributed by atoms with Gasteiger partial charge in [-0.3, -0.25) is 0 Å². The van der Waals surface area contributed by atoms with Gasteiger partial charge in [-0.1, -0.05) is 0 Å². The molecule has 0 amide bonds. The Hall–Kier alpha value is -0.700. The van der Waals surface area contributed by atoms with E-state index in [0.717, 1.165) is 11.3 Å². The lowest BCUT2D eigenvalue weighted by molar-refractivity contribution is 0.195. The van der Waals surface area contributed by atoms with Gasteiger partial charge in [0.25, 0.3) is 0 Å². The highest BCUT2D eigenvalue weighted by Gasteiger charge is 2.21. The first-order valence-electron chi connectivity index (χ1n) is 5.04. The van der Waals surface area contributed by atoms with Crippen LogP contribution < -0.4 is 9.44 Å². The van der Waals surface area contributed by atoms with Gasteiger partial charge in [0.15, 0.2) is 5.13 Å². The third kappa shape index (κ3) is 4.99. The summed E-state index contributed by atoms with van der Waals surface area (Å²) in [6.45, 7) is 6.81. The van der Waals surface area contributed by atoms with Crippen molar-refractivity contribution in [3.8, 4) is 0 Å². The SMILES string of the molecule is CC(O)c1csc(NS(=O)(=O)NC(C)(C)C)n1. The molecule has 17 heavy (non-hydrogen) atoms. The molecule has 8 heteroatoms. The second-order valence-electron chi connectivity index (χ2n) is 4.71. The number of aliphatic hydroxyl groups is 1. The van der Waals surface area contributed by atoms with Gasteiger partial charge >= 0.3 is 10.2 Å². The quantitative estimate of drug-likeness (QED) is 0.773. The van der Waals surface area contributed by atoms with Crippen LogP contribution in [0.5, 0.6) is 0 Å². The molecule has 1 heterocycles. The number of hydrogen-bond acceptors (Lipinski definition) is 5. The molecule has 0 saturated carbocycles. The largest absolute Gasteiger partial charge is 0.387 e. The van der Waals surface area contributed by atoms with Gasteiger partial charge < -0.3 is 5.11 Å². The van der Waals surface area contributed by atoms with Gasteiger partial charge in [0, 0.05) is 10.9 Å². The molecular weight excluding hydrogens is 262 g/mol. The lowest BCUT2D eigenvalue weighted by Crippen LogP contribution is -2.43. The normalized spacial score (nSPS) is 14.6. The maximum atomic E-state index is 11.7. The predicted octanol–water partition coefficient (Wildman–Crippen LogP) is 1.24. The Labute approximate surface area is 105 Å². The van der Waals surface area contributed by atoms with Crippen LogP contribution in [0.2, 0.25) is 0 Å². The average molecular weight is 279 g/mol. The van der Waals surface area contributed by atoms with Crippen LogP contribution in [0.3, 0.4) is 0 Å². The molecule has 0 saturated heterocycles. The van der Waals surface area contributed by atoms with Crippen LogP contribution in [-0.4, -0.2) is 24.0 Å². The Kier molecular flexibility index (Phi) is 4.13. The van der Waals surface area contributed by atoms with Gasteiger partial charge in [-0.25, -0.2) is 9.71 Å². The minimum absolute atomic E-state index is 0.234. The van der Waals surface area contributed by atoms with E-state index in [-0.39, 0.29) is 5.13 Å². The number of nitrogens with zero attached hydrogens (tertiary/aromatic N) is 1. The van der Waals surface area contributed by atoms with E-state index in [1.165, 1.54) is 0 Å². The van der Waals surface area contributed by atoms with E-state index >= 15 is 0 Å². The molecule has 1 atom stereocenters. The number of aromatic nitrogens is 1. The van der Waals surface area contributed by atoms with Gasteiger partial charge in [0.2, 0.25) is 0 Å². The van der Waals surface area contributed by atoms with Crippen molar-refractivity contribution < 1.29 is 13.5 Å². The van der Waals surface area contributed by atoms with E-state index in [4.69, 9.17) is 0 Å². The third-order valence-electron chi connectivity index (χ3n) is 1.61. The number of anilines is 1. The molecule has 1 aromatic heterocycles. The maximum absolute atomic E-state index is 11.7. The van der Waals surface area contributed by atoms with E-state index < -0.39 is 21.9 Å². The smallest absolute Gasteiger partial charge is 0.301 e. The zero-order valence-electron chi connectivity index (χ0n) is 10.2. The molecule has 0 radical (unpaired) electrons. The van der Waals surface area contributed by atoms with Crippen molar-refractivity contribution in [2.75, 3.05) is 4.72 Å². The molecule has 0 aromatic carbocycles. The highest BCUT2D eigenvalue weighted by Crippen LogP contribution is 2.21. The molecule has 3 N–H and O–H groups in total. The van der Waals surface area contributed by atoms with Crippen LogP contribution in [0.4, 0.5) is 5.13 Å². The second kappa shape index (κ2) is 4.89. The van der Waals surface area contributed by atoms with Gasteiger partial charge in [0.1, 0.15) is 0 Å². The monoisotopic (exact) mass is 279 g/mol.